The molecule has 2 aliphatic rings. The first kappa shape index (κ1) is 15.9. The molecule has 130 valence electrons. The van der Waals surface area contributed by atoms with Crippen LogP contribution in [0.4, 0.5) is 5.69 Å². The van der Waals surface area contributed by atoms with Gasteiger partial charge < -0.3 is 20.9 Å². The van der Waals surface area contributed by atoms with E-state index in [1.54, 1.807) is 6.07 Å². The number of rotatable bonds is 4. The van der Waals surface area contributed by atoms with E-state index < -0.39 is 0 Å². The Morgan fingerprint density at radius 1 is 1.16 bits per heavy atom. The molecular formula is C19H22N4O2. The minimum absolute atomic E-state index is 0.0661. The van der Waals surface area contributed by atoms with Crippen LogP contribution in [0, 0.1) is 0 Å². The van der Waals surface area contributed by atoms with Gasteiger partial charge in [0.15, 0.2) is 0 Å². The van der Waals surface area contributed by atoms with Gasteiger partial charge in [-0.15, -0.1) is 0 Å². The SMILES string of the molecule is CC(=O)Nc1cccc(-c2ccc(C(=O)N[C@@H]3C[C@H]4CC[C@@H]3N4)[nH]2)c1. The van der Waals surface area contributed by atoms with Crippen molar-refractivity contribution in [1.29, 1.82) is 0 Å². The monoisotopic (exact) mass is 338 g/mol. The number of hydrogen-bond donors (Lipinski definition) is 4. The molecule has 25 heavy (non-hydrogen) atoms. The van der Waals surface area contributed by atoms with Gasteiger partial charge in [-0.1, -0.05) is 12.1 Å². The maximum atomic E-state index is 12.5. The number of carbonyl (C=O) groups excluding carboxylic acids is 2. The normalized spacial score (nSPS) is 24.3. The van der Waals surface area contributed by atoms with Gasteiger partial charge in [-0.2, -0.15) is 0 Å². The molecule has 0 radical (unpaired) electrons. The number of amides is 2. The zero-order valence-corrected chi connectivity index (χ0v) is 14.1. The molecule has 4 N–H and O–H groups in total. The molecule has 1 aromatic carbocycles. The van der Waals surface area contributed by atoms with Crippen LogP contribution in [0.25, 0.3) is 11.3 Å². The third-order valence-electron chi connectivity index (χ3n) is 5.04. The second-order valence-corrected chi connectivity index (χ2v) is 6.91. The van der Waals surface area contributed by atoms with E-state index in [1.807, 2.05) is 30.3 Å². The number of carbonyl (C=O) groups is 2. The molecule has 2 aromatic rings. The Bertz CT molecular complexity index is 813. The van der Waals surface area contributed by atoms with Crippen LogP contribution in [-0.2, 0) is 4.79 Å². The number of aromatic amines is 1. The summed E-state index contributed by atoms with van der Waals surface area (Å²) in [6, 6.07) is 12.4. The zero-order valence-electron chi connectivity index (χ0n) is 14.1. The molecule has 3 heterocycles. The molecule has 0 unspecified atom stereocenters. The lowest BCUT2D eigenvalue weighted by atomic mass is 9.95. The predicted molar refractivity (Wildman–Crippen MR) is 96.3 cm³/mol. The molecule has 2 bridgehead atoms. The first-order chi connectivity index (χ1) is 12.1. The van der Waals surface area contributed by atoms with Crippen molar-refractivity contribution in [2.45, 2.75) is 44.3 Å². The molecule has 0 spiro atoms. The molecule has 2 aliphatic heterocycles. The first-order valence-electron chi connectivity index (χ1n) is 8.72. The lowest BCUT2D eigenvalue weighted by Gasteiger charge is -2.21. The van der Waals surface area contributed by atoms with Crippen molar-refractivity contribution in [2.75, 3.05) is 5.32 Å². The maximum absolute atomic E-state index is 12.5. The summed E-state index contributed by atoms with van der Waals surface area (Å²) < 4.78 is 0. The summed E-state index contributed by atoms with van der Waals surface area (Å²) in [6.07, 6.45) is 3.37. The van der Waals surface area contributed by atoms with E-state index in [0.717, 1.165) is 29.8 Å². The van der Waals surface area contributed by atoms with E-state index in [-0.39, 0.29) is 17.9 Å². The molecule has 6 heteroatoms. The van der Waals surface area contributed by atoms with Gasteiger partial charge in [0.2, 0.25) is 5.91 Å². The van der Waals surface area contributed by atoms with Gasteiger partial charge in [0.25, 0.3) is 5.91 Å². The van der Waals surface area contributed by atoms with E-state index in [0.29, 0.717) is 17.8 Å². The largest absolute Gasteiger partial charge is 0.351 e. The first-order valence-corrected chi connectivity index (χ1v) is 8.72. The highest BCUT2D eigenvalue weighted by Gasteiger charge is 2.39. The average molecular weight is 338 g/mol. The van der Waals surface area contributed by atoms with Gasteiger partial charge in [-0.3, -0.25) is 9.59 Å². The van der Waals surface area contributed by atoms with Crippen LogP contribution < -0.4 is 16.0 Å². The van der Waals surface area contributed by atoms with E-state index in [1.165, 1.54) is 13.3 Å². The Balaban J connectivity index is 1.46. The van der Waals surface area contributed by atoms with Crippen molar-refractivity contribution in [3.63, 3.8) is 0 Å². The highest BCUT2D eigenvalue weighted by atomic mass is 16.2. The highest BCUT2D eigenvalue weighted by molar-refractivity contribution is 5.94. The van der Waals surface area contributed by atoms with E-state index >= 15 is 0 Å². The van der Waals surface area contributed by atoms with Gasteiger partial charge in [0.1, 0.15) is 5.69 Å². The maximum Gasteiger partial charge on any atom is 0.267 e. The smallest absolute Gasteiger partial charge is 0.267 e. The number of aromatic nitrogens is 1. The molecular weight excluding hydrogens is 316 g/mol. The summed E-state index contributed by atoms with van der Waals surface area (Å²) in [5, 5.41) is 9.44. The van der Waals surface area contributed by atoms with Crippen LogP contribution in [0.15, 0.2) is 36.4 Å². The van der Waals surface area contributed by atoms with Crippen LogP contribution in [0.2, 0.25) is 0 Å². The van der Waals surface area contributed by atoms with Crippen LogP contribution in [-0.4, -0.2) is 34.9 Å². The molecule has 6 nitrogen and oxygen atoms in total. The number of nitrogens with one attached hydrogen (secondary N) is 4. The van der Waals surface area contributed by atoms with Gasteiger partial charge in [-0.05, 0) is 49.1 Å². The van der Waals surface area contributed by atoms with Crippen molar-refractivity contribution in [1.82, 2.24) is 15.6 Å². The van der Waals surface area contributed by atoms with Gasteiger partial charge in [0.05, 0.1) is 0 Å². The number of hydrogen-bond acceptors (Lipinski definition) is 3. The molecule has 2 amide bonds. The number of anilines is 1. The second kappa shape index (κ2) is 6.37. The van der Waals surface area contributed by atoms with Crippen LogP contribution in [0.1, 0.15) is 36.7 Å². The fourth-order valence-corrected chi connectivity index (χ4v) is 3.89. The third kappa shape index (κ3) is 3.30. The van der Waals surface area contributed by atoms with Crippen LogP contribution in [0.3, 0.4) is 0 Å². The zero-order chi connectivity index (χ0) is 17.4. The Labute approximate surface area is 146 Å². The highest BCUT2D eigenvalue weighted by Crippen LogP contribution is 2.28. The van der Waals surface area contributed by atoms with Crippen molar-refractivity contribution >= 4 is 17.5 Å². The quantitative estimate of drug-likeness (QED) is 0.690. The Hall–Kier alpha value is -2.60. The van der Waals surface area contributed by atoms with Gasteiger partial charge in [-0.25, -0.2) is 0 Å². The van der Waals surface area contributed by atoms with Gasteiger partial charge >= 0.3 is 0 Å². The third-order valence-corrected chi connectivity index (χ3v) is 5.04. The lowest BCUT2D eigenvalue weighted by Crippen LogP contribution is -2.43. The average Bonchev–Trinajstić information content (AvgIpc) is 3.31. The summed E-state index contributed by atoms with van der Waals surface area (Å²) in [7, 11) is 0. The van der Waals surface area contributed by atoms with E-state index in [2.05, 4.69) is 20.9 Å². The molecule has 0 saturated carbocycles. The van der Waals surface area contributed by atoms with Crippen LogP contribution >= 0.6 is 0 Å². The molecule has 2 fully saturated rings. The number of benzene rings is 1. The standard InChI is InChI=1S/C19H22N4O2/c1-11(24)20-13-4-2-3-12(9-13)15-7-8-17(22-15)19(25)23-18-10-14-5-6-16(18)21-14/h2-4,7-9,14,16,18,21-22H,5-6,10H2,1H3,(H,20,24)(H,23,25)/t14-,16+,18-/m1/s1. The molecule has 3 atom stereocenters. The van der Waals surface area contributed by atoms with Crippen molar-refractivity contribution in [3.8, 4) is 11.3 Å². The summed E-state index contributed by atoms with van der Waals surface area (Å²) in [5.41, 5.74) is 3.07. The summed E-state index contributed by atoms with van der Waals surface area (Å²) in [4.78, 5) is 26.9. The molecule has 0 aliphatic carbocycles. The minimum Gasteiger partial charge on any atom is -0.351 e. The molecule has 1 aromatic heterocycles. The topological polar surface area (TPSA) is 86.0 Å². The molecule has 2 saturated heterocycles. The molecule has 4 rings (SSSR count). The Morgan fingerprint density at radius 2 is 2.04 bits per heavy atom. The number of H-pyrrole nitrogens is 1. The summed E-state index contributed by atoms with van der Waals surface area (Å²) in [6.45, 7) is 1.48. The van der Waals surface area contributed by atoms with E-state index in [4.69, 9.17) is 0 Å². The van der Waals surface area contributed by atoms with E-state index in [9.17, 15) is 9.59 Å². The van der Waals surface area contributed by atoms with Crippen LogP contribution in [0.5, 0.6) is 0 Å². The van der Waals surface area contributed by atoms with Gasteiger partial charge in [0, 0.05) is 36.4 Å². The van der Waals surface area contributed by atoms with Crippen molar-refractivity contribution < 1.29 is 9.59 Å². The minimum atomic E-state index is -0.108. The Morgan fingerprint density at radius 3 is 2.76 bits per heavy atom. The van der Waals surface area contributed by atoms with Crippen molar-refractivity contribution in [2.24, 2.45) is 0 Å². The van der Waals surface area contributed by atoms with Crippen molar-refractivity contribution in [3.05, 3.63) is 42.1 Å². The summed E-state index contributed by atoms with van der Waals surface area (Å²) in [5.74, 6) is -0.174. The lowest BCUT2D eigenvalue weighted by molar-refractivity contribution is -0.114. The fourth-order valence-electron chi connectivity index (χ4n) is 3.89. The fraction of sp³-hybridized carbons (Fsp3) is 0.368. The second-order valence-electron chi connectivity index (χ2n) is 6.91. The number of fused-ring (bicyclic) bond motifs is 2. The summed E-state index contributed by atoms with van der Waals surface area (Å²) >= 11 is 0. The Kier molecular flexibility index (Phi) is 4.05. The predicted octanol–water partition coefficient (Wildman–Crippen LogP) is 2.26.